The van der Waals surface area contributed by atoms with Crippen LogP contribution in [0.2, 0.25) is 0 Å². The van der Waals surface area contributed by atoms with Crippen molar-refractivity contribution in [2.45, 2.75) is 17.9 Å². The van der Waals surface area contributed by atoms with Gasteiger partial charge in [0, 0.05) is 12.6 Å². The van der Waals surface area contributed by atoms with E-state index in [9.17, 15) is 18.0 Å². The van der Waals surface area contributed by atoms with Gasteiger partial charge in [-0.1, -0.05) is 17.3 Å². The van der Waals surface area contributed by atoms with E-state index in [1.54, 1.807) is 24.3 Å². The maximum Gasteiger partial charge on any atom is 0.277 e. The van der Waals surface area contributed by atoms with Crippen LogP contribution in [0.5, 0.6) is 0 Å². The summed E-state index contributed by atoms with van der Waals surface area (Å²) in [7, 11) is -4.03. The van der Waals surface area contributed by atoms with Crippen molar-refractivity contribution in [2.24, 2.45) is 0 Å². The Morgan fingerprint density at radius 1 is 1.19 bits per heavy atom. The topological polar surface area (TPSA) is 124 Å². The number of sulfonamides is 1. The molecule has 26 heavy (non-hydrogen) atoms. The van der Waals surface area contributed by atoms with Gasteiger partial charge >= 0.3 is 0 Å². The van der Waals surface area contributed by atoms with E-state index in [-0.39, 0.29) is 17.9 Å². The van der Waals surface area contributed by atoms with Gasteiger partial charge in [0.15, 0.2) is 0 Å². The average molecular weight is 438 g/mol. The molecule has 0 fully saturated rings. The summed E-state index contributed by atoms with van der Waals surface area (Å²) < 4.78 is 27.7. The normalized spacial score (nSPS) is 11.4. The summed E-state index contributed by atoms with van der Waals surface area (Å²) in [6, 6.07) is 9.44. The molecule has 0 atom stereocenters. The lowest BCUT2D eigenvalue weighted by atomic mass is 10.2. The first kappa shape index (κ1) is 18.1. The number of nitrogens with one attached hydrogen (secondary N) is 1. The maximum atomic E-state index is 12.3. The fourth-order valence-electron chi connectivity index (χ4n) is 2.16. The van der Waals surface area contributed by atoms with E-state index in [4.69, 9.17) is 0 Å². The van der Waals surface area contributed by atoms with Crippen molar-refractivity contribution in [3.05, 3.63) is 57.6 Å². The Bertz CT molecular complexity index is 1130. The van der Waals surface area contributed by atoms with Crippen LogP contribution >= 0.6 is 15.9 Å². The van der Waals surface area contributed by atoms with Crippen molar-refractivity contribution in [1.29, 1.82) is 0 Å². The van der Waals surface area contributed by atoms with Gasteiger partial charge < -0.3 is 0 Å². The number of halogens is 1. The highest BCUT2D eigenvalue weighted by atomic mass is 79.9. The molecule has 0 radical (unpaired) electrons. The molecule has 0 aliphatic carbocycles. The molecule has 2 aromatic heterocycles. The van der Waals surface area contributed by atoms with E-state index in [0.29, 0.717) is 15.5 Å². The molecule has 134 valence electrons. The van der Waals surface area contributed by atoms with Gasteiger partial charge in [-0.25, -0.2) is 22.8 Å². The van der Waals surface area contributed by atoms with Crippen LogP contribution in [0, 0.1) is 0 Å². The van der Waals surface area contributed by atoms with Gasteiger partial charge in [-0.3, -0.25) is 9.59 Å². The van der Waals surface area contributed by atoms with Crippen LogP contribution in [-0.2, 0) is 21.4 Å². The van der Waals surface area contributed by atoms with Gasteiger partial charge in [-0.2, -0.15) is 0 Å². The van der Waals surface area contributed by atoms with Crippen molar-refractivity contribution in [1.82, 2.24) is 24.7 Å². The number of nitrogens with zero attached hydrogens (tertiary/aromatic N) is 4. The van der Waals surface area contributed by atoms with Crippen molar-refractivity contribution >= 4 is 42.8 Å². The minimum absolute atomic E-state index is 0.101. The van der Waals surface area contributed by atoms with Crippen molar-refractivity contribution in [2.75, 3.05) is 0 Å². The second-order valence-electron chi connectivity index (χ2n) is 5.23. The van der Waals surface area contributed by atoms with Gasteiger partial charge in [0.1, 0.15) is 15.0 Å². The molecule has 3 aromatic rings. The predicted molar refractivity (Wildman–Crippen MR) is 95.7 cm³/mol. The van der Waals surface area contributed by atoms with Crippen molar-refractivity contribution in [3.8, 4) is 0 Å². The van der Waals surface area contributed by atoms with Crippen molar-refractivity contribution in [3.63, 3.8) is 0 Å². The van der Waals surface area contributed by atoms with Crippen LogP contribution in [0.3, 0.4) is 0 Å². The molecular weight excluding hydrogens is 426 g/mol. The number of carbonyl (C=O) groups is 1. The number of carbonyl (C=O) groups excluding carboxylic acids is 1. The molecule has 0 aliphatic rings. The molecule has 0 spiro atoms. The van der Waals surface area contributed by atoms with E-state index in [1.807, 2.05) is 4.72 Å². The van der Waals surface area contributed by atoms with E-state index in [2.05, 4.69) is 31.2 Å². The number of hydrogen-bond donors (Lipinski definition) is 1. The second kappa shape index (κ2) is 7.30. The Morgan fingerprint density at radius 3 is 2.69 bits per heavy atom. The largest absolute Gasteiger partial charge is 0.277 e. The zero-order chi connectivity index (χ0) is 18.7. The van der Waals surface area contributed by atoms with Gasteiger partial charge in [0.25, 0.3) is 15.6 Å². The molecule has 0 saturated heterocycles. The first-order chi connectivity index (χ1) is 12.4. The molecule has 0 bridgehead atoms. The number of fused-ring (bicyclic) bond motifs is 1. The Morgan fingerprint density at radius 2 is 1.96 bits per heavy atom. The summed E-state index contributed by atoms with van der Waals surface area (Å²) in [5.74, 6) is -0.769. The molecular formula is C15H12BrN5O4S. The molecule has 1 amide bonds. The van der Waals surface area contributed by atoms with Gasteiger partial charge in [0.2, 0.25) is 5.91 Å². The lowest BCUT2D eigenvalue weighted by Gasteiger charge is -2.07. The third kappa shape index (κ3) is 3.94. The van der Waals surface area contributed by atoms with Gasteiger partial charge in [0.05, 0.1) is 11.9 Å². The molecule has 0 unspecified atom stereocenters. The summed E-state index contributed by atoms with van der Waals surface area (Å²) in [6.07, 6.45) is 0.870. The van der Waals surface area contributed by atoms with E-state index >= 15 is 0 Å². The number of aryl methyl sites for hydroxylation is 1. The number of pyridine rings is 1. The highest BCUT2D eigenvalue weighted by molar-refractivity contribution is 9.10. The van der Waals surface area contributed by atoms with Gasteiger partial charge in [-0.05, 0) is 40.2 Å². The smallest absolute Gasteiger partial charge is 0.274 e. The van der Waals surface area contributed by atoms with Crippen LogP contribution < -0.4 is 10.3 Å². The maximum absolute atomic E-state index is 12.3. The predicted octanol–water partition coefficient (Wildman–Crippen LogP) is 0.844. The minimum atomic E-state index is -4.03. The number of benzene rings is 1. The first-order valence-electron chi connectivity index (χ1n) is 7.36. The summed E-state index contributed by atoms with van der Waals surface area (Å²) in [4.78, 5) is 27.9. The van der Waals surface area contributed by atoms with Crippen LogP contribution in [0.1, 0.15) is 6.42 Å². The standard InChI is InChI=1S/C15H12BrN5O4S/c16-13-6-5-10(9-17-13)26(24,25)19-14(22)7-8-21-15(23)11-3-1-2-4-12(11)18-20-21/h1-6,9H,7-8H2,(H,19,22). The zero-order valence-electron chi connectivity index (χ0n) is 13.2. The minimum Gasteiger partial charge on any atom is -0.274 e. The number of aromatic nitrogens is 4. The first-order valence-corrected chi connectivity index (χ1v) is 9.64. The number of rotatable bonds is 5. The molecule has 0 aliphatic heterocycles. The Kier molecular flexibility index (Phi) is 5.09. The monoisotopic (exact) mass is 437 g/mol. The summed E-state index contributed by atoms with van der Waals surface area (Å²) >= 11 is 3.10. The molecule has 9 nitrogen and oxygen atoms in total. The molecule has 11 heteroatoms. The molecule has 1 aromatic carbocycles. The van der Waals surface area contributed by atoms with Crippen LogP contribution in [0.15, 0.2) is 56.9 Å². The van der Waals surface area contributed by atoms with Gasteiger partial charge in [-0.15, -0.1) is 5.10 Å². The lowest BCUT2D eigenvalue weighted by molar-refractivity contribution is -0.119. The lowest BCUT2D eigenvalue weighted by Crippen LogP contribution is -2.33. The summed E-state index contributed by atoms with van der Waals surface area (Å²) in [5.41, 5.74) is 0.0480. The number of amides is 1. The van der Waals surface area contributed by atoms with E-state index in [0.717, 1.165) is 10.9 Å². The fourth-order valence-corrected chi connectivity index (χ4v) is 3.35. The van der Waals surface area contributed by atoms with Crippen LogP contribution in [-0.4, -0.2) is 34.3 Å². The molecule has 2 heterocycles. The SMILES string of the molecule is O=C(CCn1nnc2ccccc2c1=O)NS(=O)(=O)c1ccc(Br)nc1. The number of hydrogen-bond acceptors (Lipinski definition) is 7. The fraction of sp³-hybridized carbons (Fsp3) is 0.133. The third-order valence-corrected chi connectivity index (χ3v) is 5.27. The second-order valence-corrected chi connectivity index (χ2v) is 7.73. The Labute approximate surface area is 156 Å². The Hall–Kier alpha value is -2.66. The zero-order valence-corrected chi connectivity index (χ0v) is 15.6. The summed E-state index contributed by atoms with van der Waals surface area (Å²) in [6.45, 7) is -0.101. The van der Waals surface area contributed by atoms with E-state index in [1.165, 1.54) is 12.1 Å². The third-order valence-electron chi connectivity index (χ3n) is 3.44. The summed E-state index contributed by atoms with van der Waals surface area (Å²) in [5, 5.41) is 8.02. The van der Waals surface area contributed by atoms with E-state index < -0.39 is 21.5 Å². The average Bonchev–Trinajstić information content (AvgIpc) is 2.61. The highest BCUT2D eigenvalue weighted by Crippen LogP contribution is 2.11. The quantitative estimate of drug-likeness (QED) is 0.586. The molecule has 3 rings (SSSR count). The van der Waals surface area contributed by atoms with Crippen LogP contribution in [0.4, 0.5) is 0 Å². The van der Waals surface area contributed by atoms with Crippen molar-refractivity contribution < 1.29 is 13.2 Å². The molecule has 1 N–H and O–H groups in total. The highest BCUT2D eigenvalue weighted by Gasteiger charge is 2.18. The Balaban J connectivity index is 1.70. The van der Waals surface area contributed by atoms with Crippen LogP contribution in [0.25, 0.3) is 10.9 Å². The molecule has 0 saturated carbocycles.